The van der Waals surface area contributed by atoms with Crippen LogP contribution in [0.4, 0.5) is 5.82 Å². The van der Waals surface area contributed by atoms with Crippen molar-refractivity contribution in [2.75, 3.05) is 12.3 Å². The van der Waals surface area contributed by atoms with Crippen molar-refractivity contribution >= 4 is 23.4 Å². The van der Waals surface area contributed by atoms with Gasteiger partial charge in [-0.1, -0.05) is 24.3 Å². The summed E-state index contributed by atoms with van der Waals surface area (Å²) in [4.78, 5) is 11.0. The van der Waals surface area contributed by atoms with Gasteiger partial charge in [-0.05, 0) is 13.3 Å². The number of aromatic nitrogens is 2. The molecule has 0 bridgehead atoms. The van der Waals surface area contributed by atoms with Gasteiger partial charge in [-0.2, -0.15) is 5.10 Å². The Morgan fingerprint density at radius 2 is 2.44 bits per heavy atom. The lowest BCUT2D eigenvalue weighted by molar-refractivity contribution is 0.0525. The number of allylic oxidation sites excluding steroid dienone is 4. The highest BCUT2D eigenvalue weighted by Crippen LogP contribution is 2.39. The number of carbonyl (C=O) groups excluding carboxylic acids is 1. The Morgan fingerprint density at radius 3 is 3.06 bits per heavy atom. The largest absolute Gasteiger partial charge is 0.462 e. The number of nitrogens with two attached hydrogens (primary N) is 1. The number of nitrogen functional groups attached to an aromatic ring is 1. The monoisotopic (exact) mass is 267 g/mol. The minimum absolute atomic E-state index is 0.103. The summed E-state index contributed by atoms with van der Waals surface area (Å²) in [6.45, 7) is 2.00. The van der Waals surface area contributed by atoms with Crippen LogP contribution in [0, 0.1) is 0 Å². The van der Waals surface area contributed by atoms with Crippen molar-refractivity contribution < 1.29 is 9.53 Å². The number of H-pyrrole nitrogens is 1. The highest BCUT2D eigenvalue weighted by Gasteiger charge is 2.35. The first kappa shape index (κ1) is 12.7. The van der Waals surface area contributed by atoms with Gasteiger partial charge in [0, 0.05) is 0 Å². The zero-order valence-corrected chi connectivity index (χ0v) is 10.7. The Labute approximate surface area is 110 Å². The number of ether oxygens (including phenoxy) is 1. The molecular formula is C12H14ClN3O2. The fraction of sp³-hybridized carbons (Fsp3) is 0.333. The van der Waals surface area contributed by atoms with E-state index in [1.807, 2.05) is 18.2 Å². The van der Waals surface area contributed by atoms with Crippen LogP contribution in [-0.4, -0.2) is 22.8 Å². The summed E-state index contributed by atoms with van der Waals surface area (Å²) in [6.07, 6.45) is 7.98. The molecule has 1 aliphatic rings. The van der Waals surface area contributed by atoms with Gasteiger partial charge in [0.25, 0.3) is 0 Å². The molecule has 0 aromatic carbocycles. The first-order chi connectivity index (χ1) is 8.58. The van der Waals surface area contributed by atoms with E-state index < -0.39 is 10.8 Å². The maximum Gasteiger partial charge on any atom is 0.343 e. The molecule has 0 saturated carbocycles. The molecule has 0 amide bonds. The van der Waals surface area contributed by atoms with E-state index in [0.717, 1.165) is 0 Å². The van der Waals surface area contributed by atoms with E-state index in [4.69, 9.17) is 22.1 Å². The molecule has 1 aromatic rings. The molecule has 18 heavy (non-hydrogen) atoms. The van der Waals surface area contributed by atoms with Gasteiger partial charge in [-0.25, -0.2) is 4.79 Å². The van der Waals surface area contributed by atoms with Crippen molar-refractivity contribution in [3.05, 3.63) is 35.6 Å². The lowest BCUT2D eigenvalue weighted by Gasteiger charge is -2.23. The highest BCUT2D eigenvalue weighted by molar-refractivity contribution is 6.26. The van der Waals surface area contributed by atoms with Crippen LogP contribution in [0.5, 0.6) is 0 Å². The standard InChI is InChI=1S/C12H14ClN3O2/c1-2-18-11(17)8-9(15-16-10(8)14)12(13)6-4-3-5-7-12/h3-6H,2,7H2,1H3,(H3,14,15,16). The number of nitrogens with one attached hydrogen (secondary N) is 1. The number of hydrogen-bond donors (Lipinski definition) is 2. The summed E-state index contributed by atoms with van der Waals surface area (Å²) in [5, 5.41) is 6.58. The smallest absolute Gasteiger partial charge is 0.343 e. The minimum Gasteiger partial charge on any atom is -0.462 e. The maximum absolute atomic E-state index is 11.9. The third kappa shape index (κ3) is 2.13. The summed E-state index contributed by atoms with van der Waals surface area (Å²) < 4.78 is 4.96. The van der Waals surface area contributed by atoms with E-state index in [-0.39, 0.29) is 18.0 Å². The Morgan fingerprint density at radius 1 is 1.67 bits per heavy atom. The molecule has 1 aliphatic carbocycles. The van der Waals surface area contributed by atoms with Crippen molar-refractivity contribution in [3.8, 4) is 0 Å². The van der Waals surface area contributed by atoms with Crippen LogP contribution in [0.25, 0.3) is 0 Å². The van der Waals surface area contributed by atoms with Crippen molar-refractivity contribution in [1.82, 2.24) is 10.2 Å². The topological polar surface area (TPSA) is 81.0 Å². The van der Waals surface area contributed by atoms with Gasteiger partial charge in [0.1, 0.15) is 10.4 Å². The van der Waals surface area contributed by atoms with Gasteiger partial charge < -0.3 is 10.5 Å². The van der Waals surface area contributed by atoms with Gasteiger partial charge >= 0.3 is 5.97 Å². The number of halogens is 1. The van der Waals surface area contributed by atoms with Gasteiger partial charge in [0.05, 0.1) is 12.3 Å². The summed E-state index contributed by atoms with van der Waals surface area (Å²) in [5.74, 6) is -0.409. The zero-order valence-electron chi connectivity index (χ0n) is 9.94. The predicted molar refractivity (Wildman–Crippen MR) is 69.4 cm³/mol. The Bertz CT molecular complexity index is 521. The van der Waals surface area contributed by atoms with Crippen molar-refractivity contribution in [2.24, 2.45) is 0 Å². The molecule has 0 aliphatic heterocycles. The average molecular weight is 268 g/mol. The molecule has 0 radical (unpaired) electrons. The second-order valence-corrected chi connectivity index (χ2v) is 4.61. The number of nitrogens with zero attached hydrogens (tertiary/aromatic N) is 1. The fourth-order valence-electron chi connectivity index (χ4n) is 1.85. The highest BCUT2D eigenvalue weighted by atomic mass is 35.5. The van der Waals surface area contributed by atoms with E-state index in [1.54, 1.807) is 13.0 Å². The Balaban J connectivity index is 2.43. The first-order valence-electron chi connectivity index (χ1n) is 5.63. The van der Waals surface area contributed by atoms with Gasteiger partial charge in [0.15, 0.2) is 5.82 Å². The zero-order chi connectivity index (χ0) is 13.2. The predicted octanol–water partition coefficient (Wildman–Crippen LogP) is 2.12. The van der Waals surface area contributed by atoms with Crippen molar-refractivity contribution in [1.29, 1.82) is 0 Å². The molecule has 0 spiro atoms. The van der Waals surface area contributed by atoms with E-state index in [9.17, 15) is 4.79 Å². The van der Waals surface area contributed by atoms with Crippen LogP contribution in [0.2, 0.25) is 0 Å². The maximum atomic E-state index is 11.9. The number of alkyl halides is 1. The fourth-order valence-corrected chi connectivity index (χ4v) is 2.14. The minimum atomic E-state index is -0.832. The third-order valence-electron chi connectivity index (χ3n) is 2.71. The molecule has 0 saturated heterocycles. The average Bonchev–Trinajstić information content (AvgIpc) is 2.73. The van der Waals surface area contributed by atoms with Gasteiger partial charge in [-0.15, -0.1) is 11.6 Å². The third-order valence-corrected chi connectivity index (χ3v) is 3.18. The van der Waals surface area contributed by atoms with Crippen LogP contribution >= 0.6 is 11.6 Å². The van der Waals surface area contributed by atoms with Gasteiger partial charge in [-0.3, -0.25) is 5.10 Å². The number of carbonyl (C=O) groups is 1. The second-order valence-electron chi connectivity index (χ2n) is 3.93. The summed E-state index contributed by atoms with van der Waals surface area (Å²) in [5.41, 5.74) is 6.38. The summed E-state index contributed by atoms with van der Waals surface area (Å²) in [7, 11) is 0. The van der Waals surface area contributed by atoms with E-state index >= 15 is 0 Å². The number of rotatable bonds is 3. The molecule has 5 nitrogen and oxygen atoms in total. The molecule has 2 rings (SSSR count). The van der Waals surface area contributed by atoms with Crippen LogP contribution in [0.15, 0.2) is 24.3 Å². The van der Waals surface area contributed by atoms with Crippen LogP contribution in [-0.2, 0) is 9.61 Å². The second kappa shape index (κ2) is 4.86. The van der Waals surface area contributed by atoms with Crippen LogP contribution < -0.4 is 5.73 Å². The van der Waals surface area contributed by atoms with E-state index in [0.29, 0.717) is 12.1 Å². The molecular weight excluding hydrogens is 254 g/mol. The first-order valence-corrected chi connectivity index (χ1v) is 6.01. The number of esters is 1. The normalized spacial score (nSPS) is 22.1. The van der Waals surface area contributed by atoms with E-state index in [2.05, 4.69) is 10.2 Å². The molecule has 1 aromatic heterocycles. The number of hydrogen-bond acceptors (Lipinski definition) is 4. The molecule has 96 valence electrons. The SMILES string of the molecule is CCOC(=O)c1c(N)n[nH]c1C1(Cl)C=CC=CC1. The summed E-state index contributed by atoms with van der Waals surface area (Å²) >= 11 is 6.49. The quantitative estimate of drug-likeness (QED) is 0.649. The molecule has 1 unspecified atom stereocenters. The molecule has 1 atom stereocenters. The van der Waals surface area contributed by atoms with Crippen molar-refractivity contribution in [2.45, 2.75) is 18.2 Å². The van der Waals surface area contributed by atoms with E-state index in [1.165, 1.54) is 0 Å². The lowest BCUT2D eigenvalue weighted by atomic mass is 9.93. The molecule has 1 heterocycles. The summed E-state index contributed by atoms with van der Waals surface area (Å²) in [6, 6.07) is 0. The number of aromatic amines is 1. The Hall–Kier alpha value is -1.75. The van der Waals surface area contributed by atoms with Gasteiger partial charge in [0.2, 0.25) is 0 Å². The molecule has 0 fully saturated rings. The van der Waals surface area contributed by atoms with Crippen LogP contribution in [0.1, 0.15) is 29.4 Å². The molecule has 3 N–H and O–H groups in total. The molecule has 6 heteroatoms. The lowest BCUT2D eigenvalue weighted by Crippen LogP contribution is -2.21. The Kier molecular flexibility index (Phi) is 3.43. The number of anilines is 1. The van der Waals surface area contributed by atoms with Crippen molar-refractivity contribution in [3.63, 3.8) is 0 Å². The van der Waals surface area contributed by atoms with Crippen LogP contribution in [0.3, 0.4) is 0 Å².